The van der Waals surface area contributed by atoms with Crippen LogP contribution in [0.4, 0.5) is 0 Å². The van der Waals surface area contributed by atoms with Gasteiger partial charge >= 0.3 is 0 Å². The van der Waals surface area contributed by atoms with Crippen molar-refractivity contribution in [2.45, 2.75) is 13.0 Å². The van der Waals surface area contributed by atoms with Gasteiger partial charge in [-0.3, -0.25) is 4.98 Å². The first kappa shape index (κ1) is 13.8. The SMILES string of the molecule is COc1cc(C#N)cc(Oc2ccc(C(C)N)nc2)c1. The summed E-state index contributed by atoms with van der Waals surface area (Å²) >= 11 is 0. The van der Waals surface area contributed by atoms with E-state index in [-0.39, 0.29) is 6.04 Å². The normalized spacial score (nSPS) is 11.5. The fourth-order valence-electron chi connectivity index (χ4n) is 1.67. The maximum absolute atomic E-state index is 8.96. The number of aromatic nitrogens is 1. The summed E-state index contributed by atoms with van der Waals surface area (Å²) in [5.41, 5.74) is 7.00. The van der Waals surface area contributed by atoms with Gasteiger partial charge in [0.25, 0.3) is 0 Å². The lowest BCUT2D eigenvalue weighted by Crippen LogP contribution is -2.06. The maximum atomic E-state index is 8.96. The van der Waals surface area contributed by atoms with E-state index in [1.165, 1.54) is 0 Å². The van der Waals surface area contributed by atoms with Gasteiger partial charge in [0.05, 0.1) is 30.6 Å². The summed E-state index contributed by atoms with van der Waals surface area (Å²) in [5.74, 6) is 1.67. The van der Waals surface area contributed by atoms with Crippen LogP contribution < -0.4 is 15.2 Å². The van der Waals surface area contributed by atoms with Gasteiger partial charge in [-0.25, -0.2) is 0 Å². The molecule has 0 aliphatic carbocycles. The topological polar surface area (TPSA) is 81.2 Å². The van der Waals surface area contributed by atoms with Gasteiger partial charge in [0.2, 0.25) is 0 Å². The quantitative estimate of drug-likeness (QED) is 0.923. The van der Waals surface area contributed by atoms with Crippen molar-refractivity contribution in [3.8, 4) is 23.3 Å². The summed E-state index contributed by atoms with van der Waals surface area (Å²) in [7, 11) is 1.54. The molecule has 1 unspecified atom stereocenters. The first-order valence-electron chi connectivity index (χ1n) is 6.11. The van der Waals surface area contributed by atoms with Crippen molar-refractivity contribution in [2.75, 3.05) is 7.11 Å². The summed E-state index contributed by atoms with van der Waals surface area (Å²) in [5, 5.41) is 8.96. The fraction of sp³-hybridized carbons (Fsp3) is 0.200. The van der Waals surface area contributed by atoms with Crippen LogP contribution in [-0.2, 0) is 0 Å². The second kappa shape index (κ2) is 6.04. The Morgan fingerprint density at radius 1 is 1.20 bits per heavy atom. The summed E-state index contributed by atoms with van der Waals surface area (Å²) in [6, 6.07) is 10.5. The Kier molecular flexibility index (Phi) is 4.18. The van der Waals surface area contributed by atoms with Crippen LogP contribution in [0, 0.1) is 11.3 Å². The highest BCUT2D eigenvalue weighted by atomic mass is 16.5. The molecule has 5 heteroatoms. The first-order chi connectivity index (χ1) is 9.62. The molecular formula is C15H15N3O2. The molecule has 0 bridgehead atoms. The summed E-state index contributed by atoms with van der Waals surface area (Å²) in [4.78, 5) is 4.21. The van der Waals surface area contributed by atoms with E-state index >= 15 is 0 Å². The third-order valence-electron chi connectivity index (χ3n) is 2.71. The predicted molar refractivity (Wildman–Crippen MR) is 74.6 cm³/mol. The second-order valence-electron chi connectivity index (χ2n) is 4.32. The van der Waals surface area contributed by atoms with Gasteiger partial charge in [0.15, 0.2) is 0 Å². The number of hydrogen-bond acceptors (Lipinski definition) is 5. The number of nitrogens with zero attached hydrogens (tertiary/aromatic N) is 2. The summed E-state index contributed by atoms with van der Waals surface area (Å²) in [6.07, 6.45) is 1.60. The number of pyridine rings is 1. The average molecular weight is 269 g/mol. The zero-order valence-corrected chi connectivity index (χ0v) is 11.3. The van der Waals surface area contributed by atoms with E-state index in [9.17, 15) is 0 Å². The number of ether oxygens (including phenoxy) is 2. The van der Waals surface area contributed by atoms with Gasteiger partial charge in [-0.1, -0.05) is 0 Å². The molecule has 102 valence electrons. The van der Waals surface area contributed by atoms with E-state index < -0.39 is 0 Å². The number of hydrogen-bond donors (Lipinski definition) is 1. The molecular weight excluding hydrogens is 254 g/mol. The highest BCUT2D eigenvalue weighted by Crippen LogP contribution is 2.27. The Balaban J connectivity index is 2.23. The zero-order chi connectivity index (χ0) is 14.5. The molecule has 20 heavy (non-hydrogen) atoms. The van der Waals surface area contributed by atoms with E-state index in [0.29, 0.717) is 22.8 Å². The largest absolute Gasteiger partial charge is 0.497 e. The van der Waals surface area contributed by atoms with Crippen LogP contribution >= 0.6 is 0 Å². The molecule has 0 fully saturated rings. The molecule has 0 radical (unpaired) electrons. The highest BCUT2D eigenvalue weighted by Gasteiger charge is 2.05. The minimum Gasteiger partial charge on any atom is -0.497 e. The van der Waals surface area contributed by atoms with Gasteiger partial charge in [-0.05, 0) is 31.2 Å². The number of benzene rings is 1. The smallest absolute Gasteiger partial charge is 0.145 e. The van der Waals surface area contributed by atoms with Gasteiger partial charge in [-0.2, -0.15) is 5.26 Å². The Morgan fingerprint density at radius 3 is 2.50 bits per heavy atom. The highest BCUT2D eigenvalue weighted by molar-refractivity contribution is 5.45. The molecule has 0 spiro atoms. The molecule has 1 aromatic carbocycles. The van der Waals surface area contributed by atoms with Gasteiger partial charge < -0.3 is 15.2 Å². The van der Waals surface area contributed by atoms with Gasteiger partial charge in [-0.15, -0.1) is 0 Å². The Bertz CT molecular complexity index is 631. The molecule has 1 aromatic heterocycles. The predicted octanol–water partition coefficient (Wildman–Crippen LogP) is 2.77. The van der Waals surface area contributed by atoms with Crippen LogP contribution in [0.2, 0.25) is 0 Å². The molecule has 5 nitrogen and oxygen atoms in total. The molecule has 0 saturated heterocycles. The van der Waals surface area contributed by atoms with E-state index in [1.807, 2.05) is 13.0 Å². The lowest BCUT2D eigenvalue weighted by Gasteiger charge is -2.09. The van der Waals surface area contributed by atoms with Crippen LogP contribution in [0.15, 0.2) is 36.5 Å². The molecule has 0 aliphatic rings. The first-order valence-corrected chi connectivity index (χ1v) is 6.11. The summed E-state index contributed by atoms with van der Waals surface area (Å²) in [6.45, 7) is 1.87. The second-order valence-corrected chi connectivity index (χ2v) is 4.32. The Hall–Kier alpha value is -2.58. The molecule has 0 amide bonds. The molecule has 2 aromatic rings. The molecule has 1 heterocycles. The average Bonchev–Trinajstić information content (AvgIpc) is 2.47. The lowest BCUT2D eigenvalue weighted by atomic mass is 10.2. The Labute approximate surface area is 117 Å². The fourth-order valence-corrected chi connectivity index (χ4v) is 1.67. The lowest BCUT2D eigenvalue weighted by molar-refractivity contribution is 0.408. The number of methoxy groups -OCH3 is 1. The van der Waals surface area contributed by atoms with Crippen molar-refractivity contribution < 1.29 is 9.47 Å². The molecule has 2 rings (SSSR count). The van der Waals surface area contributed by atoms with Crippen LogP contribution in [0.3, 0.4) is 0 Å². The van der Waals surface area contributed by atoms with E-state index in [1.54, 1.807) is 37.6 Å². The van der Waals surface area contributed by atoms with Crippen LogP contribution in [0.1, 0.15) is 24.2 Å². The van der Waals surface area contributed by atoms with Crippen molar-refractivity contribution in [3.05, 3.63) is 47.8 Å². The number of nitriles is 1. The standard InChI is InChI=1S/C15H15N3O2/c1-10(17)15-4-3-12(9-18-15)20-14-6-11(8-16)5-13(7-14)19-2/h3-7,9-10H,17H2,1-2H3. The monoisotopic (exact) mass is 269 g/mol. The van der Waals surface area contributed by atoms with Crippen molar-refractivity contribution in [1.29, 1.82) is 5.26 Å². The van der Waals surface area contributed by atoms with Crippen molar-refractivity contribution in [1.82, 2.24) is 4.98 Å². The van der Waals surface area contributed by atoms with Crippen molar-refractivity contribution in [2.24, 2.45) is 5.73 Å². The summed E-state index contributed by atoms with van der Waals surface area (Å²) < 4.78 is 10.8. The third kappa shape index (κ3) is 3.25. The van der Waals surface area contributed by atoms with Gasteiger partial charge in [0, 0.05) is 12.1 Å². The minimum atomic E-state index is -0.119. The molecule has 2 N–H and O–H groups in total. The number of rotatable bonds is 4. The Morgan fingerprint density at radius 2 is 1.95 bits per heavy atom. The number of nitrogens with two attached hydrogens (primary N) is 1. The molecule has 0 aliphatic heterocycles. The van der Waals surface area contributed by atoms with E-state index in [0.717, 1.165) is 5.69 Å². The zero-order valence-electron chi connectivity index (χ0n) is 11.3. The minimum absolute atomic E-state index is 0.119. The van der Waals surface area contributed by atoms with Crippen LogP contribution in [0.5, 0.6) is 17.2 Å². The van der Waals surface area contributed by atoms with E-state index in [4.69, 9.17) is 20.5 Å². The molecule has 1 atom stereocenters. The van der Waals surface area contributed by atoms with Crippen molar-refractivity contribution >= 4 is 0 Å². The van der Waals surface area contributed by atoms with Crippen LogP contribution in [-0.4, -0.2) is 12.1 Å². The molecule has 0 saturated carbocycles. The third-order valence-corrected chi connectivity index (χ3v) is 2.71. The van der Waals surface area contributed by atoms with E-state index in [2.05, 4.69) is 11.1 Å². The maximum Gasteiger partial charge on any atom is 0.145 e. The van der Waals surface area contributed by atoms with Crippen LogP contribution in [0.25, 0.3) is 0 Å². The van der Waals surface area contributed by atoms with Gasteiger partial charge in [0.1, 0.15) is 17.2 Å². The van der Waals surface area contributed by atoms with Crippen molar-refractivity contribution in [3.63, 3.8) is 0 Å².